The Bertz CT molecular complexity index is 520. The molecule has 20 heavy (non-hydrogen) atoms. The first-order valence-electron chi connectivity index (χ1n) is 7.82. The molecule has 3 rings (SSSR count). The number of nitrogens with zero attached hydrogens (tertiary/aromatic N) is 1. The van der Waals surface area contributed by atoms with E-state index in [1.165, 1.54) is 12.0 Å². The summed E-state index contributed by atoms with van der Waals surface area (Å²) >= 11 is 0. The summed E-state index contributed by atoms with van der Waals surface area (Å²) < 4.78 is 0. The lowest BCUT2D eigenvalue weighted by Gasteiger charge is -2.27. The van der Waals surface area contributed by atoms with Crippen molar-refractivity contribution in [1.82, 2.24) is 4.90 Å². The number of benzene rings is 1. The molecule has 1 N–H and O–H groups in total. The molecule has 2 heterocycles. The zero-order valence-corrected chi connectivity index (χ0v) is 12.5. The number of likely N-dealkylation sites (tertiary alicyclic amines) is 1. The van der Waals surface area contributed by atoms with Crippen molar-refractivity contribution in [3.63, 3.8) is 0 Å². The number of amides is 1. The van der Waals surface area contributed by atoms with Crippen LogP contribution < -0.4 is 5.32 Å². The highest BCUT2D eigenvalue weighted by atomic mass is 16.2. The molecule has 1 saturated heterocycles. The Morgan fingerprint density at radius 3 is 2.75 bits per heavy atom. The van der Waals surface area contributed by atoms with Crippen molar-refractivity contribution in [3.05, 3.63) is 29.3 Å². The fraction of sp³-hybridized carbons (Fsp3) is 0.588. The number of hydrogen-bond acceptors (Lipinski definition) is 2. The van der Waals surface area contributed by atoms with Crippen LogP contribution in [0.1, 0.15) is 55.5 Å². The quantitative estimate of drug-likeness (QED) is 0.895. The standard InChI is InChI=1S/C17H24N2O/c1-3-17(2)12-18-15-11-13(7-8-14(15)17)16(20)19-9-5-4-6-10-19/h7-8,11,18H,3-6,9-10,12H2,1-2H3. The predicted molar refractivity (Wildman–Crippen MR) is 82.3 cm³/mol. The molecule has 3 heteroatoms. The predicted octanol–water partition coefficient (Wildman–Crippen LogP) is 3.41. The molecular formula is C17H24N2O. The van der Waals surface area contributed by atoms with Gasteiger partial charge in [-0.2, -0.15) is 0 Å². The van der Waals surface area contributed by atoms with Crippen LogP contribution in [0.2, 0.25) is 0 Å². The van der Waals surface area contributed by atoms with E-state index in [-0.39, 0.29) is 11.3 Å². The number of rotatable bonds is 2. The molecule has 0 bridgehead atoms. The van der Waals surface area contributed by atoms with Crippen molar-refractivity contribution < 1.29 is 4.79 Å². The second-order valence-electron chi connectivity index (χ2n) is 6.38. The lowest BCUT2D eigenvalue weighted by atomic mass is 9.82. The van der Waals surface area contributed by atoms with E-state index in [4.69, 9.17) is 0 Å². The molecule has 1 atom stereocenters. The van der Waals surface area contributed by atoms with Crippen LogP contribution in [0.25, 0.3) is 0 Å². The highest BCUT2D eigenvalue weighted by Gasteiger charge is 2.33. The summed E-state index contributed by atoms with van der Waals surface area (Å²) in [6, 6.07) is 6.21. The smallest absolute Gasteiger partial charge is 0.253 e. The van der Waals surface area contributed by atoms with Crippen LogP contribution in [-0.2, 0) is 5.41 Å². The van der Waals surface area contributed by atoms with Gasteiger partial charge in [-0.3, -0.25) is 4.79 Å². The molecule has 2 aliphatic rings. The Morgan fingerprint density at radius 1 is 1.30 bits per heavy atom. The van der Waals surface area contributed by atoms with Gasteiger partial charge in [-0.1, -0.05) is 19.9 Å². The van der Waals surface area contributed by atoms with Crippen LogP contribution in [0.15, 0.2) is 18.2 Å². The van der Waals surface area contributed by atoms with Crippen LogP contribution in [0.3, 0.4) is 0 Å². The largest absolute Gasteiger partial charge is 0.384 e. The number of piperidine rings is 1. The molecule has 0 aliphatic carbocycles. The molecule has 1 unspecified atom stereocenters. The van der Waals surface area contributed by atoms with Crippen molar-refractivity contribution in [2.75, 3.05) is 25.0 Å². The highest BCUT2D eigenvalue weighted by Crippen LogP contribution is 2.39. The number of fused-ring (bicyclic) bond motifs is 1. The van der Waals surface area contributed by atoms with Gasteiger partial charge in [0.1, 0.15) is 0 Å². The number of anilines is 1. The van der Waals surface area contributed by atoms with Crippen LogP contribution >= 0.6 is 0 Å². The average Bonchev–Trinajstić information content (AvgIpc) is 2.85. The van der Waals surface area contributed by atoms with Gasteiger partial charge in [0.05, 0.1) is 0 Å². The molecule has 3 nitrogen and oxygen atoms in total. The first-order chi connectivity index (χ1) is 9.64. The van der Waals surface area contributed by atoms with Gasteiger partial charge in [0.25, 0.3) is 5.91 Å². The van der Waals surface area contributed by atoms with E-state index in [1.807, 2.05) is 17.0 Å². The molecule has 1 aromatic rings. The SMILES string of the molecule is CCC1(C)CNc2cc(C(=O)N3CCCCC3)ccc21. The van der Waals surface area contributed by atoms with Crippen LogP contribution in [-0.4, -0.2) is 30.4 Å². The summed E-state index contributed by atoms with van der Waals surface area (Å²) in [4.78, 5) is 14.5. The molecule has 0 radical (unpaired) electrons. The van der Waals surface area contributed by atoms with E-state index in [2.05, 4.69) is 25.2 Å². The van der Waals surface area contributed by atoms with Gasteiger partial charge in [-0.15, -0.1) is 0 Å². The summed E-state index contributed by atoms with van der Waals surface area (Å²) in [6.45, 7) is 7.31. The zero-order valence-electron chi connectivity index (χ0n) is 12.5. The number of hydrogen-bond donors (Lipinski definition) is 1. The molecule has 0 aromatic heterocycles. The van der Waals surface area contributed by atoms with Gasteiger partial charge < -0.3 is 10.2 Å². The van der Waals surface area contributed by atoms with E-state index in [0.29, 0.717) is 0 Å². The Balaban J connectivity index is 1.84. The third-order valence-electron chi connectivity index (χ3n) is 5.01. The molecular weight excluding hydrogens is 248 g/mol. The van der Waals surface area contributed by atoms with Gasteiger partial charge in [-0.05, 0) is 43.4 Å². The maximum absolute atomic E-state index is 12.5. The molecule has 0 saturated carbocycles. The van der Waals surface area contributed by atoms with E-state index in [9.17, 15) is 4.79 Å². The van der Waals surface area contributed by atoms with Gasteiger partial charge in [0.15, 0.2) is 0 Å². The fourth-order valence-corrected chi connectivity index (χ4v) is 3.33. The molecule has 1 aromatic carbocycles. The van der Waals surface area contributed by atoms with E-state index < -0.39 is 0 Å². The van der Waals surface area contributed by atoms with Crippen LogP contribution in [0.4, 0.5) is 5.69 Å². The van der Waals surface area contributed by atoms with Gasteiger partial charge in [0, 0.05) is 36.3 Å². The van der Waals surface area contributed by atoms with Gasteiger partial charge >= 0.3 is 0 Å². The lowest BCUT2D eigenvalue weighted by molar-refractivity contribution is 0.0724. The molecule has 1 amide bonds. The maximum Gasteiger partial charge on any atom is 0.253 e. The summed E-state index contributed by atoms with van der Waals surface area (Å²) in [5.41, 5.74) is 3.55. The molecule has 0 spiro atoms. The Hall–Kier alpha value is -1.51. The summed E-state index contributed by atoms with van der Waals surface area (Å²) in [7, 11) is 0. The first kappa shape index (κ1) is 13.5. The summed E-state index contributed by atoms with van der Waals surface area (Å²) in [6.07, 6.45) is 4.66. The van der Waals surface area contributed by atoms with Crippen molar-refractivity contribution in [1.29, 1.82) is 0 Å². The average molecular weight is 272 g/mol. The number of carbonyl (C=O) groups is 1. The fourth-order valence-electron chi connectivity index (χ4n) is 3.33. The highest BCUT2D eigenvalue weighted by molar-refractivity contribution is 5.95. The summed E-state index contributed by atoms with van der Waals surface area (Å²) in [5.74, 6) is 0.194. The van der Waals surface area contributed by atoms with Crippen molar-refractivity contribution in [2.24, 2.45) is 0 Å². The summed E-state index contributed by atoms with van der Waals surface area (Å²) in [5, 5.41) is 3.47. The second kappa shape index (κ2) is 5.12. The molecule has 108 valence electrons. The third kappa shape index (κ3) is 2.19. The van der Waals surface area contributed by atoms with Crippen molar-refractivity contribution >= 4 is 11.6 Å². The first-order valence-corrected chi connectivity index (χ1v) is 7.82. The van der Waals surface area contributed by atoms with E-state index >= 15 is 0 Å². The Kier molecular flexibility index (Phi) is 3.45. The second-order valence-corrected chi connectivity index (χ2v) is 6.38. The lowest BCUT2D eigenvalue weighted by Crippen LogP contribution is -2.35. The van der Waals surface area contributed by atoms with Crippen molar-refractivity contribution in [3.8, 4) is 0 Å². The third-order valence-corrected chi connectivity index (χ3v) is 5.01. The number of nitrogens with one attached hydrogen (secondary N) is 1. The van der Waals surface area contributed by atoms with Gasteiger partial charge in [-0.25, -0.2) is 0 Å². The van der Waals surface area contributed by atoms with Crippen molar-refractivity contribution in [2.45, 2.75) is 44.9 Å². The minimum Gasteiger partial charge on any atom is -0.384 e. The van der Waals surface area contributed by atoms with Crippen LogP contribution in [0.5, 0.6) is 0 Å². The Labute approximate surface area is 121 Å². The molecule has 1 fully saturated rings. The van der Waals surface area contributed by atoms with E-state index in [0.717, 1.165) is 50.1 Å². The maximum atomic E-state index is 12.5. The van der Waals surface area contributed by atoms with Crippen LogP contribution in [0, 0.1) is 0 Å². The van der Waals surface area contributed by atoms with Gasteiger partial charge in [0.2, 0.25) is 0 Å². The number of carbonyl (C=O) groups excluding carboxylic acids is 1. The molecule has 2 aliphatic heterocycles. The normalized spacial score (nSPS) is 25.2. The zero-order chi connectivity index (χ0) is 14.2. The van der Waals surface area contributed by atoms with E-state index in [1.54, 1.807) is 0 Å². The monoisotopic (exact) mass is 272 g/mol. The minimum absolute atomic E-state index is 0.194. The minimum atomic E-state index is 0.194. The topological polar surface area (TPSA) is 32.3 Å². The Morgan fingerprint density at radius 2 is 2.05 bits per heavy atom.